The van der Waals surface area contributed by atoms with Crippen molar-refractivity contribution < 1.29 is 14.3 Å². The lowest BCUT2D eigenvalue weighted by molar-refractivity contribution is 0.0702. The van der Waals surface area contributed by atoms with Crippen molar-refractivity contribution in [2.24, 2.45) is 7.05 Å². The lowest BCUT2D eigenvalue weighted by Gasteiger charge is -2.21. The van der Waals surface area contributed by atoms with Gasteiger partial charge in [-0.2, -0.15) is 0 Å². The number of carbonyl (C=O) groups is 1. The highest BCUT2D eigenvalue weighted by atomic mass is 16.3. The first-order chi connectivity index (χ1) is 11.1. The highest BCUT2D eigenvalue weighted by molar-refractivity contribution is 6.04. The Balaban J connectivity index is 1.95. The summed E-state index contributed by atoms with van der Waals surface area (Å²) >= 11 is 0. The van der Waals surface area contributed by atoms with Crippen molar-refractivity contribution >= 4 is 16.9 Å². The highest BCUT2D eigenvalue weighted by Gasteiger charge is 2.21. The topological polar surface area (TPSA) is 71.5 Å². The zero-order valence-electron chi connectivity index (χ0n) is 13.2. The molecule has 3 aromatic rings. The largest absolute Gasteiger partial charge is 0.461 e. The summed E-state index contributed by atoms with van der Waals surface area (Å²) in [5, 5.41) is 10.2. The van der Waals surface area contributed by atoms with Gasteiger partial charge < -0.3 is 19.0 Å². The Labute approximate surface area is 134 Å². The first-order valence-electron chi connectivity index (χ1n) is 7.45. The number of aromatic nitrogens is 2. The molecular weight excluding hydrogens is 294 g/mol. The molecule has 23 heavy (non-hydrogen) atoms. The third-order valence-corrected chi connectivity index (χ3v) is 3.81. The molecule has 0 bridgehead atoms. The third-order valence-electron chi connectivity index (χ3n) is 3.81. The van der Waals surface area contributed by atoms with E-state index in [0.717, 1.165) is 17.0 Å². The van der Waals surface area contributed by atoms with Crippen molar-refractivity contribution in [2.75, 3.05) is 13.2 Å². The number of aliphatic hydroxyl groups excluding tert-OH is 1. The number of imidazole rings is 1. The molecule has 0 radical (unpaired) electrons. The summed E-state index contributed by atoms with van der Waals surface area (Å²) in [5.74, 6) is 1.34. The first kappa shape index (κ1) is 15.3. The van der Waals surface area contributed by atoms with E-state index in [-0.39, 0.29) is 19.1 Å². The number of aryl methyl sites for hydroxylation is 2. The van der Waals surface area contributed by atoms with E-state index in [1.807, 2.05) is 42.9 Å². The van der Waals surface area contributed by atoms with E-state index in [2.05, 4.69) is 4.98 Å². The number of nitrogens with zero attached hydrogens (tertiary/aromatic N) is 3. The molecule has 0 spiro atoms. The molecule has 1 N–H and O–H groups in total. The van der Waals surface area contributed by atoms with E-state index in [1.54, 1.807) is 17.2 Å². The van der Waals surface area contributed by atoms with E-state index >= 15 is 0 Å². The molecule has 2 heterocycles. The fourth-order valence-corrected chi connectivity index (χ4v) is 2.62. The van der Waals surface area contributed by atoms with Crippen LogP contribution in [0.5, 0.6) is 0 Å². The fraction of sp³-hybridized carbons (Fsp3) is 0.294. The van der Waals surface area contributed by atoms with Gasteiger partial charge in [0.25, 0.3) is 5.91 Å². The number of benzene rings is 1. The lowest BCUT2D eigenvalue weighted by atomic mass is 10.1. The van der Waals surface area contributed by atoms with Gasteiger partial charge in [-0.15, -0.1) is 0 Å². The molecule has 1 amide bonds. The number of hydrogen-bond donors (Lipinski definition) is 1. The molecule has 0 fully saturated rings. The number of furan rings is 1. The maximum atomic E-state index is 12.9. The molecule has 0 saturated carbocycles. The summed E-state index contributed by atoms with van der Waals surface area (Å²) in [6.45, 7) is 2.32. The van der Waals surface area contributed by atoms with Crippen LogP contribution >= 0.6 is 0 Å². The van der Waals surface area contributed by atoms with Crippen LogP contribution in [-0.2, 0) is 13.6 Å². The van der Waals surface area contributed by atoms with Gasteiger partial charge in [-0.05, 0) is 19.1 Å². The van der Waals surface area contributed by atoms with Crippen LogP contribution in [-0.4, -0.2) is 38.6 Å². The van der Waals surface area contributed by atoms with Gasteiger partial charge in [-0.3, -0.25) is 4.79 Å². The normalized spacial score (nSPS) is 11.1. The van der Waals surface area contributed by atoms with E-state index in [4.69, 9.17) is 4.42 Å². The second-order valence-electron chi connectivity index (χ2n) is 5.49. The number of carbonyl (C=O) groups excluding carboxylic acids is 1. The Bertz CT molecular complexity index is 835. The second-order valence-corrected chi connectivity index (χ2v) is 5.49. The molecule has 0 aliphatic carbocycles. The molecule has 0 unspecified atom stereocenters. The number of fused-ring (bicyclic) bond motifs is 1. The van der Waals surface area contributed by atoms with Crippen LogP contribution in [0.1, 0.15) is 21.9 Å². The summed E-state index contributed by atoms with van der Waals surface area (Å²) in [5.41, 5.74) is 1.08. The Morgan fingerprint density at radius 2 is 2.26 bits per heavy atom. The summed E-state index contributed by atoms with van der Waals surface area (Å²) in [6, 6.07) is 7.40. The van der Waals surface area contributed by atoms with Crippen LogP contribution < -0.4 is 0 Å². The first-order valence-corrected chi connectivity index (χ1v) is 7.45. The van der Waals surface area contributed by atoms with Crippen molar-refractivity contribution in [1.29, 1.82) is 0 Å². The van der Waals surface area contributed by atoms with Gasteiger partial charge in [-0.1, -0.05) is 12.1 Å². The highest BCUT2D eigenvalue weighted by Crippen LogP contribution is 2.24. The van der Waals surface area contributed by atoms with E-state index in [9.17, 15) is 9.90 Å². The number of para-hydroxylation sites is 1. The van der Waals surface area contributed by atoms with Gasteiger partial charge in [0.1, 0.15) is 17.2 Å². The number of aliphatic hydroxyl groups is 1. The Morgan fingerprint density at radius 1 is 1.43 bits per heavy atom. The molecule has 1 aromatic carbocycles. The van der Waals surface area contributed by atoms with E-state index < -0.39 is 0 Å². The van der Waals surface area contributed by atoms with Gasteiger partial charge in [-0.25, -0.2) is 4.98 Å². The van der Waals surface area contributed by atoms with Crippen molar-refractivity contribution in [3.8, 4) is 0 Å². The van der Waals surface area contributed by atoms with Crippen LogP contribution in [0.2, 0.25) is 0 Å². The minimum Gasteiger partial charge on any atom is -0.461 e. The maximum absolute atomic E-state index is 12.9. The van der Waals surface area contributed by atoms with Crippen LogP contribution in [0, 0.1) is 6.92 Å². The molecule has 6 heteroatoms. The average Bonchev–Trinajstić information content (AvgIpc) is 3.10. The SMILES string of the molecule is Cc1cc2cccc(C(=O)N(CCO)Cc3nccn3C)c2o1. The maximum Gasteiger partial charge on any atom is 0.258 e. The average molecular weight is 313 g/mol. The zero-order valence-corrected chi connectivity index (χ0v) is 13.2. The summed E-state index contributed by atoms with van der Waals surface area (Å²) in [6.07, 6.45) is 3.51. The zero-order chi connectivity index (χ0) is 16.4. The lowest BCUT2D eigenvalue weighted by Crippen LogP contribution is -2.34. The van der Waals surface area contributed by atoms with Gasteiger partial charge in [0, 0.05) is 31.4 Å². The van der Waals surface area contributed by atoms with Crippen molar-refractivity contribution in [3.05, 3.63) is 53.8 Å². The Hall–Kier alpha value is -2.60. The molecule has 120 valence electrons. The van der Waals surface area contributed by atoms with Gasteiger partial charge >= 0.3 is 0 Å². The predicted molar refractivity (Wildman–Crippen MR) is 86.0 cm³/mol. The molecule has 3 rings (SSSR count). The molecule has 6 nitrogen and oxygen atoms in total. The third kappa shape index (κ3) is 2.98. The van der Waals surface area contributed by atoms with E-state index in [0.29, 0.717) is 17.7 Å². The summed E-state index contributed by atoms with van der Waals surface area (Å²) in [7, 11) is 1.88. The van der Waals surface area contributed by atoms with Crippen molar-refractivity contribution in [3.63, 3.8) is 0 Å². The van der Waals surface area contributed by atoms with Gasteiger partial charge in [0.2, 0.25) is 0 Å². The Kier molecular flexibility index (Phi) is 4.16. The Morgan fingerprint density at radius 3 is 2.96 bits per heavy atom. The van der Waals surface area contributed by atoms with Gasteiger partial charge in [0.15, 0.2) is 0 Å². The molecule has 0 aliphatic rings. The minimum atomic E-state index is -0.179. The van der Waals surface area contributed by atoms with Crippen LogP contribution in [0.15, 0.2) is 41.1 Å². The van der Waals surface area contributed by atoms with Crippen molar-refractivity contribution in [1.82, 2.24) is 14.5 Å². The standard InChI is InChI=1S/C17H19N3O3/c1-12-10-13-4-3-5-14(16(13)23-12)17(22)20(8-9-21)11-15-18-6-7-19(15)2/h3-7,10,21H,8-9,11H2,1-2H3. The molecule has 2 aromatic heterocycles. The molecule has 0 saturated heterocycles. The summed E-state index contributed by atoms with van der Waals surface area (Å²) < 4.78 is 7.53. The number of hydrogen-bond acceptors (Lipinski definition) is 4. The van der Waals surface area contributed by atoms with Crippen LogP contribution in [0.4, 0.5) is 0 Å². The number of rotatable bonds is 5. The monoisotopic (exact) mass is 313 g/mol. The van der Waals surface area contributed by atoms with Crippen LogP contribution in [0.25, 0.3) is 11.0 Å². The second kappa shape index (κ2) is 6.26. The quantitative estimate of drug-likeness (QED) is 0.783. The fourth-order valence-electron chi connectivity index (χ4n) is 2.62. The van der Waals surface area contributed by atoms with Gasteiger partial charge in [0.05, 0.1) is 18.7 Å². The molecule has 0 atom stereocenters. The smallest absolute Gasteiger partial charge is 0.258 e. The minimum absolute atomic E-state index is 0.108. The number of amides is 1. The predicted octanol–water partition coefficient (Wildman–Crippen LogP) is 2.11. The van der Waals surface area contributed by atoms with Crippen molar-refractivity contribution in [2.45, 2.75) is 13.5 Å². The molecular formula is C17H19N3O3. The summed E-state index contributed by atoms with van der Waals surface area (Å²) in [4.78, 5) is 18.7. The molecule has 0 aliphatic heterocycles. The van der Waals surface area contributed by atoms with E-state index in [1.165, 1.54) is 0 Å². The van der Waals surface area contributed by atoms with Crippen LogP contribution in [0.3, 0.4) is 0 Å².